The van der Waals surface area contributed by atoms with Gasteiger partial charge in [0.1, 0.15) is 0 Å². The Bertz CT molecular complexity index is 486. The minimum atomic E-state index is 0.176. The summed E-state index contributed by atoms with van der Waals surface area (Å²) in [5, 5.41) is 0. The van der Waals surface area contributed by atoms with Gasteiger partial charge in [0, 0.05) is 12.0 Å². The summed E-state index contributed by atoms with van der Waals surface area (Å²) in [5.41, 5.74) is 2.98. The Balaban J connectivity index is 2.15. The molecule has 0 aromatic heterocycles. The van der Waals surface area contributed by atoms with Crippen LogP contribution in [0.25, 0.3) is 0 Å². The van der Waals surface area contributed by atoms with Crippen molar-refractivity contribution in [3.05, 3.63) is 71.3 Å². The molecule has 0 fully saturated rings. The Labute approximate surface area is 95.7 Å². The summed E-state index contributed by atoms with van der Waals surface area (Å²) in [6, 6.07) is 17.6. The van der Waals surface area contributed by atoms with Crippen LogP contribution >= 0.6 is 0 Å². The highest BCUT2D eigenvalue weighted by Gasteiger charge is 2.06. The molecule has 0 unspecified atom stereocenters. The van der Waals surface area contributed by atoms with E-state index in [9.17, 15) is 4.79 Å². The molecule has 0 amide bonds. The van der Waals surface area contributed by atoms with Crippen LogP contribution in [-0.2, 0) is 6.42 Å². The first-order valence-corrected chi connectivity index (χ1v) is 5.39. The summed E-state index contributed by atoms with van der Waals surface area (Å²) < 4.78 is 0. The fourth-order valence-electron chi connectivity index (χ4n) is 1.70. The van der Waals surface area contributed by atoms with Crippen LogP contribution in [0.3, 0.4) is 0 Å². The van der Waals surface area contributed by atoms with Gasteiger partial charge >= 0.3 is 0 Å². The second-order valence-electron chi connectivity index (χ2n) is 3.96. The zero-order chi connectivity index (χ0) is 11.4. The highest BCUT2D eigenvalue weighted by Crippen LogP contribution is 2.09. The minimum absolute atomic E-state index is 0.176. The van der Waals surface area contributed by atoms with E-state index in [0.717, 1.165) is 16.7 Å². The van der Waals surface area contributed by atoms with Crippen molar-refractivity contribution < 1.29 is 4.79 Å². The largest absolute Gasteiger partial charge is 0.294 e. The average molecular weight is 210 g/mol. The maximum atomic E-state index is 12.0. The molecule has 1 nitrogen and oxygen atoms in total. The van der Waals surface area contributed by atoms with Crippen LogP contribution in [0.1, 0.15) is 21.5 Å². The second-order valence-corrected chi connectivity index (χ2v) is 3.96. The molecule has 2 aromatic rings. The zero-order valence-corrected chi connectivity index (χ0v) is 9.31. The summed E-state index contributed by atoms with van der Waals surface area (Å²) in [6.45, 7) is 2.00. The molecule has 0 saturated carbocycles. The van der Waals surface area contributed by atoms with Crippen LogP contribution in [0.15, 0.2) is 54.6 Å². The molecule has 0 aliphatic rings. The van der Waals surface area contributed by atoms with E-state index < -0.39 is 0 Å². The molecule has 80 valence electrons. The molecule has 0 aliphatic heterocycles. The molecule has 2 rings (SSSR count). The Hall–Kier alpha value is -1.89. The standard InChI is InChI=1S/C15H14O/c1-12-6-5-9-14(10-12)15(16)11-13-7-3-2-4-8-13/h2-10H,11H2,1H3. The molecule has 0 bridgehead atoms. The van der Waals surface area contributed by atoms with Crippen molar-refractivity contribution in [3.8, 4) is 0 Å². The van der Waals surface area contributed by atoms with Gasteiger partial charge in [-0.1, -0.05) is 54.1 Å². The van der Waals surface area contributed by atoms with Crippen LogP contribution in [0.2, 0.25) is 0 Å². The van der Waals surface area contributed by atoms with Gasteiger partial charge < -0.3 is 0 Å². The summed E-state index contributed by atoms with van der Waals surface area (Å²) in [7, 11) is 0. The topological polar surface area (TPSA) is 17.1 Å². The van der Waals surface area contributed by atoms with Crippen LogP contribution < -0.4 is 0 Å². The number of aryl methyl sites for hydroxylation is 1. The third kappa shape index (κ3) is 2.57. The Morgan fingerprint density at radius 3 is 2.44 bits per heavy atom. The summed E-state index contributed by atoms with van der Waals surface area (Å²) in [6.07, 6.45) is 0.476. The van der Waals surface area contributed by atoms with Gasteiger partial charge in [0.2, 0.25) is 0 Å². The first-order valence-electron chi connectivity index (χ1n) is 5.39. The first kappa shape index (κ1) is 10.6. The van der Waals surface area contributed by atoms with Crippen molar-refractivity contribution in [2.24, 2.45) is 0 Å². The zero-order valence-electron chi connectivity index (χ0n) is 9.31. The van der Waals surface area contributed by atoms with Gasteiger partial charge in [-0.25, -0.2) is 0 Å². The van der Waals surface area contributed by atoms with Crippen molar-refractivity contribution in [1.29, 1.82) is 0 Å². The SMILES string of the molecule is Cc1cccc(C(=O)Cc2ccccc2)c1. The quantitative estimate of drug-likeness (QED) is 0.709. The molecule has 1 heteroatoms. The van der Waals surface area contributed by atoms with E-state index in [1.807, 2.05) is 61.5 Å². The number of benzene rings is 2. The normalized spacial score (nSPS) is 10.1. The minimum Gasteiger partial charge on any atom is -0.294 e. The third-order valence-electron chi connectivity index (χ3n) is 2.55. The summed E-state index contributed by atoms with van der Waals surface area (Å²) >= 11 is 0. The van der Waals surface area contributed by atoms with E-state index in [1.165, 1.54) is 0 Å². The molecule has 0 spiro atoms. The maximum Gasteiger partial charge on any atom is 0.167 e. The lowest BCUT2D eigenvalue weighted by atomic mass is 10.0. The Kier molecular flexibility index (Phi) is 3.16. The van der Waals surface area contributed by atoms with E-state index in [2.05, 4.69) is 0 Å². The number of carbonyl (C=O) groups excluding carboxylic acids is 1. The van der Waals surface area contributed by atoms with E-state index in [-0.39, 0.29) is 5.78 Å². The number of ketones is 1. The molecule has 16 heavy (non-hydrogen) atoms. The fraction of sp³-hybridized carbons (Fsp3) is 0.133. The van der Waals surface area contributed by atoms with E-state index in [1.54, 1.807) is 0 Å². The second kappa shape index (κ2) is 4.75. The molecular weight excluding hydrogens is 196 g/mol. The lowest BCUT2D eigenvalue weighted by Gasteiger charge is -2.02. The van der Waals surface area contributed by atoms with Gasteiger partial charge in [-0.3, -0.25) is 4.79 Å². The van der Waals surface area contributed by atoms with Crippen molar-refractivity contribution in [3.63, 3.8) is 0 Å². The molecule has 0 atom stereocenters. The third-order valence-corrected chi connectivity index (χ3v) is 2.55. The number of carbonyl (C=O) groups is 1. The molecule has 0 radical (unpaired) electrons. The fourth-order valence-corrected chi connectivity index (χ4v) is 1.70. The van der Waals surface area contributed by atoms with Crippen molar-refractivity contribution >= 4 is 5.78 Å². The van der Waals surface area contributed by atoms with Gasteiger partial charge in [0.15, 0.2) is 5.78 Å². The van der Waals surface area contributed by atoms with Gasteiger partial charge in [-0.05, 0) is 18.6 Å². The number of Topliss-reactive ketones (excluding diaryl/α,β-unsaturated/α-hetero) is 1. The average Bonchev–Trinajstić information content (AvgIpc) is 2.30. The van der Waals surface area contributed by atoms with Gasteiger partial charge in [0.25, 0.3) is 0 Å². The van der Waals surface area contributed by atoms with Crippen LogP contribution in [0.4, 0.5) is 0 Å². The van der Waals surface area contributed by atoms with E-state index >= 15 is 0 Å². The van der Waals surface area contributed by atoms with Gasteiger partial charge in [0.05, 0.1) is 0 Å². The van der Waals surface area contributed by atoms with E-state index in [0.29, 0.717) is 6.42 Å². The molecule has 2 aromatic carbocycles. The number of rotatable bonds is 3. The highest BCUT2D eigenvalue weighted by molar-refractivity contribution is 5.97. The molecule has 0 heterocycles. The van der Waals surface area contributed by atoms with Crippen molar-refractivity contribution in [2.45, 2.75) is 13.3 Å². The summed E-state index contributed by atoms with van der Waals surface area (Å²) in [5.74, 6) is 0.176. The molecule has 0 N–H and O–H groups in total. The predicted octanol–water partition coefficient (Wildman–Crippen LogP) is 3.42. The number of hydrogen-bond donors (Lipinski definition) is 0. The van der Waals surface area contributed by atoms with Crippen LogP contribution in [0, 0.1) is 6.92 Å². The number of hydrogen-bond acceptors (Lipinski definition) is 1. The molecular formula is C15H14O. The summed E-state index contributed by atoms with van der Waals surface area (Å²) in [4.78, 5) is 12.0. The smallest absolute Gasteiger partial charge is 0.167 e. The lowest BCUT2D eigenvalue weighted by Crippen LogP contribution is -2.03. The van der Waals surface area contributed by atoms with Crippen molar-refractivity contribution in [1.82, 2.24) is 0 Å². The Morgan fingerprint density at radius 1 is 1.00 bits per heavy atom. The van der Waals surface area contributed by atoms with Crippen LogP contribution in [-0.4, -0.2) is 5.78 Å². The van der Waals surface area contributed by atoms with Crippen LogP contribution in [0.5, 0.6) is 0 Å². The maximum absolute atomic E-state index is 12.0. The van der Waals surface area contributed by atoms with Crippen molar-refractivity contribution in [2.75, 3.05) is 0 Å². The Morgan fingerprint density at radius 2 is 1.75 bits per heavy atom. The molecule has 0 saturated heterocycles. The monoisotopic (exact) mass is 210 g/mol. The highest BCUT2D eigenvalue weighted by atomic mass is 16.1. The lowest BCUT2D eigenvalue weighted by molar-refractivity contribution is 0.0993. The first-order chi connectivity index (χ1) is 7.75. The van der Waals surface area contributed by atoms with Gasteiger partial charge in [-0.15, -0.1) is 0 Å². The van der Waals surface area contributed by atoms with E-state index in [4.69, 9.17) is 0 Å². The predicted molar refractivity (Wildman–Crippen MR) is 65.7 cm³/mol. The molecule has 0 aliphatic carbocycles. The van der Waals surface area contributed by atoms with Gasteiger partial charge in [-0.2, -0.15) is 0 Å².